The number of unbranched alkanes of at least 4 members (excludes halogenated alkanes) is 3. The SMILES string of the molecule is CCCCCCc1ccc(N2C(=O)CCCC2c2ccc(C)c(OCCC(=O)O)c2)cc1. The predicted octanol–water partition coefficient (Wildman–Crippen LogP) is 6.23. The van der Waals surface area contributed by atoms with E-state index in [1.54, 1.807) is 0 Å². The molecule has 1 saturated heterocycles. The summed E-state index contributed by atoms with van der Waals surface area (Å²) in [7, 11) is 0. The van der Waals surface area contributed by atoms with E-state index in [1.165, 1.54) is 31.2 Å². The fraction of sp³-hybridized carbons (Fsp3) is 0.481. The topological polar surface area (TPSA) is 66.8 Å². The van der Waals surface area contributed by atoms with E-state index in [1.807, 2.05) is 24.0 Å². The van der Waals surface area contributed by atoms with Crippen LogP contribution in [0.25, 0.3) is 0 Å². The average molecular weight is 438 g/mol. The molecule has 1 heterocycles. The number of carbonyl (C=O) groups excluding carboxylic acids is 1. The Hall–Kier alpha value is -2.82. The van der Waals surface area contributed by atoms with Crippen molar-refractivity contribution in [1.29, 1.82) is 0 Å². The number of piperidine rings is 1. The Kier molecular flexibility index (Phi) is 8.72. The first-order valence-corrected chi connectivity index (χ1v) is 11.9. The van der Waals surface area contributed by atoms with E-state index >= 15 is 0 Å². The molecule has 1 fully saturated rings. The zero-order valence-corrected chi connectivity index (χ0v) is 19.3. The number of carbonyl (C=O) groups is 2. The molecule has 0 spiro atoms. The van der Waals surface area contributed by atoms with Crippen LogP contribution in [-0.4, -0.2) is 23.6 Å². The molecule has 2 aromatic rings. The number of carboxylic acid groups (broad SMARTS) is 1. The monoisotopic (exact) mass is 437 g/mol. The molecule has 3 rings (SSSR count). The minimum absolute atomic E-state index is 0.0392. The summed E-state index contributed by atoms with van der Waals surface area (Å²) in [5.41, 5.74) is 4.24. The number of carboxylic acids is 1. The molecule has 1 aliphatic heterocycles. The van der Waals surface area contributed by atoms with Gasteiger partial charge in [0.05, 0.1) is 19.1 Å². The van der Waals surface area contributed by atoms with Crippen LogP contribution in [-0.2, 0) is 16.0 Å². The lowest BCUT2D eigenvalue weighted by Crippen LogP contribution is -2.38. The Morgan fingerprint density at radius 3 is 2.62 bits per heavy atom. The van der Waals surface area contributed by atoms with Gasteiger partial charge < -0.3 is 14.7 Å². The number of aryl methyl sites for hydroxylation is 2. The predicted molar refractivity (Wildman–Crippen MR) is 127 cm³/mol. The highest BCUT2D eigenvalue weighted by Crippen LogP contribution is 2.37. The first-order valence-electron chi connectivity index (χ1n) is 11.9. The second-order valence-electron chi connectivity index (χ2n) is 8.67. The van der Waals surface area contributed by atoms with Gasteiger partial charge in [-0.05, 0) is 67.5 Å². The highest BCUT2D eigenvalue weighted by atomic mass is 16.5. The first-order chi connectivity index (χ1) is 15.5. The van der Waals surface area contributed by atoms with Crippen LogP contribution in [0.5, 0.6) is 5.75 Å². The molecule has 1 amide bonds. The number of hydrogen-bond acceptors (Lipinski definition) is 3. The number of amides is 1. The van der Waals surface area contributed by atoms with Crippen molar-refractivity contribution in [2.24, 2.45) is 0 Å². The van der Waals surface area contributed by atoms with Gasteiger partial charge in [0.15, 0.2) is 0 Å². The van der Waals surface area contributed by atoms with E-state index in [0.717, 1.165) is 36.1 Å². The summed E-state index contributed by atoms with van der Waals surface area (Å²) in [5, 5.41) is 8.88. The second kappa shape index (κ2) is 11.7. The molecule has 1 atom stereocenters. The molecule has 0 aliphatic carbocycles. The molecule has 172 valence electrons. The van der Waals surface area contributed by atoms with E-state index in [-0.39, 0.29) is 25.0 Å². The van der Waals surface area contributed by atoms with Gasteiger partial charge in [-0.25, -0.2) is 0 Å². The number of aliphatic carboxylic acids is 1. The van der Waals surface area contributed by atoms with Gasteiger partial charge in [0, 0.05) is 12.1 Å². The van der Waals surface area contributed by atoms with Crippen LogP contribution >= 0.6 is 0 Å². The lowest BCUT2D eigenvalue weighted by Gasteiger charge is -2.36. The summed E-state index contributed by atoms with van der Waals surface area (Å²) in [6.45, 7) is 4.30. The van der Waals surface area contributed by atoms with Crippen molar-refractivity contribution in [3.63, 3.8) is 0 Å². The van der Waals surface area contributed by atoms with Crippen LogP contribution in [0.3, 0.4) is 0 Å². The molecule has 1 N–H and O–H groups in total. The number of benzene rings is 2. The van der Waals surface area contributed by atoms with Gasteiger partial charge in [0.1, 0.15) is 5.75 Å². The zero-order chi connectivity index (χ0) is 22.9. The highest BCUT2D eigenvalue weighted by Gasteiger charge is 2.30. The van der Waals surface area contributed by atoms with Gasteiger partial charge in [-0.15, -0.1) is 0 Å². The van der Waals surface area contributed by atoms with Crippen LogP contribution in [0, 0.1) is 6.92 Å². The van der Waals surface area contributed by atoms with E-state index in [2.05, 4.69) is 37.3 Å². The molecular weight excluding hydrogens is 402 g/mol. The summed E-state index contributed by atoms with van der Waals surface area (Å²) in [5.74, 6) is -0.0494. The smallest absolute Gasteiger partial charge is 0.306 e. The van der Waals surface area contributed by atoms with E-state index in [9.17, 15) is 9.59 Å². The maximum atomic E-state index is 12.9. The molecule has 1 aliphatic rings. The Balaban J connectivity index is 1.77. The van der Waals surface area contributed by atoms with E-state index < -0.39 is 5.97 Å². The maximum Gasteiger partial charge on any atom is 0.306 e. The fourth-order valence-corrected chi connectivity index (χ4v) is 4.32. The highest BCUT2D eigenvalue weighted by molar-refractivity contribution is 5.95. The summed E-state index contributed by atoms with van der Waals surface area (Å²) < 4.78 is 5.73. The first kappa shape index (κ1) is 23.8. The lowest BCUT2D eigenvalue weighted by atomic mass is 9.93. The average Bonchev–Trinajstić information content (AvgIpc) is 2.78. The van der Waals surface area contributed by atoms with E-state index in [4.69, 9.17) is 9.84 Å². The van der Waals surface area contributed by atoms with Crippen LogP contribution < -0.4 is 9.64 Å². The van der Waals surface area contributed by atoms with Crippen molar-refractivity contribution < 1.29 is 19.4 Å². The molecule has 32 heavy (non-hydrogen) atoms. The molecule has 0 bridgehead atoms. The molecular formula is C27H35NO4. The van der Waals surface area contributed by atoms with Crippen LogP contribution in [0.1, 0.15) is 81.0 Å². The lowest BCUT2D eigenvalue weighted by molar-refractivity contribution is -0.137. The van der Waals surface area contributed by atoms with Crippen molar-refractivity contribution in [2.45, 2.75) is 77.7 Å². The molecule has 1 unspecified atom stereocenters. The zero-order valence-electron chi connectivity index (χ0n) is 19.3. The fourth-order valence-electron chi connectivity index (χ4n) is 4.32. The minimum Gasteiger partial charge on any atom is -0.493 e. The Morgan fingerprint density at radius 1 is 1.12 bits per heavy atom. The van der Waals surface area contributed by atoms with Gasteiger partial charge in [-0.1, -0.05) is 50.5 Å². The summed E-state index contributed by atoms with van der Waals surface area (Å²) in [6.07, 6.45) is 8.32. The molecule has 5 heteroatoms. The van der Waals surface area contributed by atoms with Crippen molar-refractivity contribution in [3.8, 4) is 5.75 Å². The molecule has 0 saturated carbocycles. The summed E-state index contributed by atoms with van der Waals surface area (Å²) in [4.78, 5) is 25.7. The maximum absolute atomic E-state index is 12.9. The third-order valence-electron chi connectivity index (χ3n) is 6.15. The van der Waals surface area contributed by atoms with Gasteiger partial charge in [0.25, 0.3) is 0 Å². The molecule has 0 aromatic heterocycles. The Bertz CT molecular complexity index is 906. The largest absolute Gasteiger partial charge is 0.493 e. The third kappa shape index (κ3) is 6.35. The summed E-state index contributed by atoms with van der Waals surface area (Å²) >= 11 is 0. The van der Waals surface area contributed by atoms with Crippen LogP contribution in [0.15, 0.2) is 42.5 Å². The number of nitrogens with zero attached hydrogens (tertiary/aromatic N) is 1. The van der Waals surface area contributed by atoms with Crippen molar-refractivity contribution >= 4 is 17.6 Å². The summed E-state index contributed by atoms with van der Waals surface area (Å²) in [6, 6.07) is 14.4. The molecule has 2 aromatic carbocycles. The van der Waals surface area contributed by atoms with Gasteiger partial charge >= 0.3 is 5.97 Å². The molecule has 5 nitrogen and oxygen atoms in total. The Morgan fingerprint density at radius 2 is 1.91 bits per heavy atom. The quantitative estimate of drug-likeness (QED) is 0.423. The third-order valence-corrected chi connectivity index (χ3v) is 6.15. The van der Waals surface area contributed by atoms with Gasteiger partial charge in [0.2, 0.25) is 5.91 Å². The normalized spacial score (nSPS) is 16.2. The number of rotatable bonds is 11. The van der Waals surface area contributed by atoms with Gasteiger partial charge in [-0.3, -0.25) is 9.59 Å². The van der Waals surface area contributed by atoms with Crippen LogP contribution in [0.2, 0.25) is 0 Å². The number of ether oxygens (including phenoxy) is 1. The second-order valence-corrected chi connectivity index (χ2v) is 8.67. The van der Waals surface area contributed by atoms with Crippen LogP contribution in [0.4, 0.5) is 5.69 Å². The Labute approximate surface area is 191 Å². The van der Waals surface area contributed by atoms with Crippen molar-refractivity contribution in [1.82, 2.24) is 0 Å². The van der Waals surface area contributed by atoms with Crippen molar-refractivity contribution in [3.05, 3.63) is 59.2 Å². The molecule has 0 radical (unpaired) electrons. The van der Waals surface area contributed by atoms with E-state index in [0.29, 0.717) is 12.2 Å². The van der Waals surface area contributed by atoms with Crippen molar-refractivity contribution in [2.75, 3.05) is 11.5 Å². The number of hydrogen-bond donors (Lipinski definition) is 1. The van der Waals surface area contributed by atoms with Gasteiger partial charge in [-0.2, -0.15) is 0 Å². The minimum atomic E-state index is -0.878. The number of anilines is 1. The standard InChI is InChI=1S/C27H35NO4/c1-3-4-5-6-8-21-12-15-23(16-13-21)28-24(9-7-10-26(28)29)22-14-11-20(2)25(19-22)32-18-17-27(30)31/h11-16,19,24H,3-10,17-18H2,1-2H3,(H,30,31).